The Labute approximate surface area is 129 Å². The Balaban J connectivity index is 1.72. The van der Waals surface area contributed by atoms with Crippen molar-refractivity contribution in [2.75, 3.05) is 6.54 Å². The van der Waals surface area contributed by atoms with Gasteiger partial charge in [0.15, 0.2) is 12.5 Å². The van der Waals surface area contributed by atoms with Crippen LogP contribution in [0.3, 0.4) is 0 Å². The van der Waals surface area contributed by atoms with E-state index in [0.29, 0.717) is 25.8 Å². The minimum atomic E-state index is -1.54. The van der Waals surface area contributed by atoms with Crippen LogP contribution in [0.15, 0.2) is 30.3 Å². The van der Waals surface area contributed by atoms with Crippen molar-refractivity contribution in [2.24, 2.45) is 11.3 Å². The fourth-order valence-corrected chi connectivity index (χ4v) is 3.47. The number of carbonyl (C=O) groups excluding carboxylic acids is 1. The van der Waals surface area contributed by atoms with Crippen LogP contribution in [0, 0.1) is 11.3 Å². The standard InChI is InChI=1S/C17H22FNO3/c1-11(12-5-3-2-4-6-12)19-10-13(14(18)15(19)20)9-17(7-8-17)16(21)22/h2-6,11,13-14,16,21-22H,7-10H2,1H3/t11-,13?,14?/m0/s1. The smallest absolute Gasteiger partial charge is 0.257 e. The Morgan fingerprint density at radius 1 is 1.32 bits per heavy atom. The third-order valence-corrected chi connectivity index (χ3v) is 5.22. The Hall–Kier alpha value is -1.46. The largest absolute Gasteiger partial charge is 0.368 e. The van der Waals surface area contributed by atoms with Gasteiger partial charge in [-0.25, -0.2) is 4.39 Å². The van der Waals surface area contributed by atoms with Crippen molar-refractivity contribution in [1.29, 1.82) is 0 Å². The first kappa shape index (κ1) is 15.4. The zero-order valence-corrected chi connectivity index (χ0v) is 12.7. The van der Waals surface area contributed by atoms with Crippen molar-refractivity contribution in [1.82, 2.24) is 4.90 Å². The van der Waals surface area contributed by atoms with Crippen molar-refractivity contribution in [2.45, 2.75) is 44.7 Å². The van der Waals surface area contributed by atoms with Gasteiger partial charge in [0.2, 0.25) is 0 Å². The van der Waals surface area contributed by atoms with Gasteiger partial charge in [0.05, 0.1) is 6.04 Å². The lowest BCUT2D eigenvalue weighted by atomic mass is 9.89. The molecular weight excluding hydrogens is 285 g/mol. The fraction of sp³-hybridized carbons (Fsp3) is 0.588. The van der Waals surface area contributed by atoms with Crippen molar-refractivity contribution in [3.05, 3.63) is 35.9 Å². The van der Waals surface area contributed by atoms with Gasteiger partial charge in [-0.3, -0.25) is 4.79 Å². The number of carbonyl (C=O) groups is 1. The lowest BCUT2D eigenvalue weighted by Gasteiger charge is -2.26. The molecule has 1 saturated carbocycles. The number of aliphatic hydroxyl groups is 2. The zero-order valence-electron chi connectivity index (χ0n) is 12.7. The number of nitrogens with zero attached hydrogens (tertiary/aromatic N) is 1. The van der Waals surface area contributed by atoms with Crippen LogP contribution in [0.25, 0.3) is 0 Å². The van der Waals surface area contributed by atoms with Crippen molar-refractivity contribution < 1.29 is 19.4 Å². The van der Waals surface area contributed by atoms with E-state index >= 15 is 0 Å². The Bertz CT molecular complexity index is 544. The van der Waals surface area contributed by atoms with Gasteiger partial charge in [-0.2, -0.15) is 0 Å². The van der Waals surface area contributed by atoms with Gasteiger partial charge < -0.3 is 15.1 Å². The molecule has 2 unspecified atom stereocenters. The molecule has 3 atom stereocenters. The minimum absolute atomic E-state index is 0.175. The summed E-state index contributed by atoms with van der Waals surface area (Å²) < 4.78 is 14.4. The highest BCUT2D eigenvalue weighted by Gasteiger charge is 2.54. The maximum atomic E-state index is 14.4. The van der Waals surface area contributed by atoms with Gasteiger partial charge in [-0.1, -0.05) is 30.3 Å². The molecule has 1 aromatic carbocycles. The number of benzene rings is 1. The highest BCUT2D eigenvalue weighted by molar-refractivity contribution is 5.83. The summed E-state index contributed by atoms with van der Waals surface area (Å²) in [5.41, 5.74) is 0.383. The molecule has 1 aliphatic carbocycles. The van der Waals surface area contributed by atoms with E-state index in [0.717, 1.165) is 5.56 Å². The molecule has 4 nitrogen and oxygen atoms in total. The molecule has 120 valence electrons. The van der Waals surface area contributed by atoms with Crippen molar-refractivity contribution in [3.8, 4) is 0 Å². The molecule has 22 heavy (non-hydrogen) atoms. The normalized spacial score (nSPS) is 28.2. The summed E-state index contributed by atoms with van der Waals surface area (Å²) in [5, 5.41) is 18.9. The third kappa shape index (κ3) is 2.63. The molecule has 1 saturated heterocycles. The summed E-state index contributed by atoms with van der Waals surface area (Å²) in [6, 6.07) is 9.39. The molecule has 1 aliphatic heterocycles. The zero-order chi connectivity index (χ0) is 15.9. The fourth-order valence-electron chi connectivity index (χ4n) is 3.47. The Morgan fingerprint density at radius 2 is 1.95 bits per heavy atom. The van der Waals surface area contributed by atoms with E-state index < -0.39 is 29.7 Å². The molecule has 0 spiro atoms. The van der Waals surface area contributed by atoms with Gasteiger partial charge in [-0.15, -0.1) is 0 Å². The topological polar surface area (TPSA) is 60.8 Å². The first-order chi connectivity index (χ1) is 10.4. The summed E-state index contributed by atoms with van der Waals surface area (Å²) >= 11 is 0. The van der Waals surface area contributed by atoms with Gasteiger partial charge >= 0.3 is 0 Å². The quantitative estimate of drug-likeness (QED) is 0.818. The van der Waals surface area contributed by atoms with E-state index in [-0.39, 0.29) is 6.04 Å². The number of alkyl halides is 1. The molecular formula is C17H22FNO3. The van der Waals surface area contributed by atoms with Gasteiger partial charge in [-0.05, 0) is 31.7 Å². The van der Waals surface area contributed by atoms with Crippen LogP contribution in [-0.2, 0) is 4.79 Å². The van der Waals surface area contributed by atoms with Gasteiger partial charge in [0.25, 0.3) is 5.91 Å². The number of hydrogen-bond donors (Lipinski definition) is 2. The lowest BCUT2D eigenvalue weighted by Crippen LogP contribution is -2.30. The van der Waals surface area contributed by atoms with Crippen molar-refractivity contribution in [3.63, 3.8) is 0 Å². The monoisotopic (exact) mass is 307 g/mol. The number of aliphatic hydroxyl groups excluding tert-OH is 1. The van der Waals surface area contributed by atoms with E-state index in [1.807, 2.05) is 37.3 Å². The molecule has 2 N–H and O–H groups in total. The average molecular weight is 307 g/mol. The third-order valence-electron chi connectivity index (χ3n) is 5.22. The first-order valence-electron chi connectivity index (χ1n) is 7.80. The SMILES string of the molecule is C[C@@H](c1ccccc1)N1CC(CC2(C(O)O)CC2)C(F)C1=O. The second-order valence-corrected chi connectivity index (χ2v) is 6.68. The van der Waals surface area contributed by atoms with Gasteiger partial charge in [0.1, 0.15) is 0 Å². The van der Waals surface area contributed by atoms with E-state index in [9.17, 15) is 19.4 Å². The molecule has 1 amide bonds. The maximum absolute atomic E-state index is 14.4. The molecule has 0 radical (unpaired) electrons. The summed E-state index contributed by atoms with van der Waals surface area (Å²) in [6.45, 7) is 2.24. The second kappa shape index (κ2) is 5.63. The lowest BCUT2D eigenvalue weighted by molar-refractivity contribution is -0.134. The van der Waals surface area contributed by atoms with E-state index in [4.69, 9.17) is 0 Å². The molecule has 5 heteroatoms. The van der Waals surface area contributed by atoms with Crippen LogP contribution in [0.2, 0.25) is 0 Å². The van der Waals surface area contributed by atoms with Crippen LogP contribution >= 0.6 is 0 Å². The summed E-state index contributed by atoms with van der Waals surface area (Å²) in [4.78, 5) is 13.8. The Kier molecular flexibility index (Phi) is 3.95. The second-order valence-electron chi connectivity index (χ2n) is 6.68. The number of halogens is 1. The predicted molar refractivity (Wildman–Crippen MR) is 79.5 cm³/mol. The molecule has 2 aliphatic rings. The van der Waals surface area contributed by atoms with Crippen LogP contribution in [-0.4, -0.2) is 40.0 Å². The van der Waals surface area contributed by atoms with E-state index in [1.54, 1.807) is 4.90 Å². The maximum Gasteiger partial charge on any atom is 0.257 e. The number of amides is 1. The highest BCUT2D eigenvalue weighted by atomic mass is 19.1. The van der Waals surface area contributed by atoms with Crippen LogP contribution in [0.1, 0.15) is 37.8 Å². The summed E-state index contributed by atoms with van der Waals surface area (Å²) in [6.07, 6.45) is -1.22. The molecule has 3 rings (SSSR count). The Morgan fingerprint density at radius 3 is 2.50 bits per heavy atom. The molecule has 0 aromatic heterocycles. The molecule has 1 heterocycles. The number of likely N-dealkylation sites (tertiary alicyclic amines) is 1. The van der Waals surface area contributed by atoms with Crippen LogP contribution in [0.5, 0.6) is 0 Å². The highest BCUT2D eigenvalue weighted by Crippen LogP contribution is 2.54. The number of rotatable bonds is 5. The summed E-state index contributed by atoms with van der Waals surface area (Å²) in [5.74, 6) is -0.937. The minimum Gasteiger partial charge on any atom is -0.368 e. The predicted octanol–water partition coefficient (Wildman–Crippen LogP) is 2.03. The molecule has 1 aromatic rings. The van der Waals surface area contributed by atoms with E-state index in [1.165, 1.54) is 0 Å². The van der Waals surface area contributed by atoms with Crippen LogP contribution < -0.4 is 0 Å². The van der Waals surface area contributed by atoms with Gasteiger partial charge in [0, 0.05) is 17.9 Å². The molecule has 0 bridgehead atoms. The number of hydrogen-bond acceptors (Lipinski definition) is 3. The summed E-state index contributed by atoms with van der Waals surface area (Å²) in [7, 11) is 0. The van der Waals surface area contributed by atoms with Crippen molar-refractivity contribution >= 4 is 5.91 Å². The van der Waals surface area contributed by atoms with Crippen LogP contribution in [0.4, 0.5) is 4.39 Å². The average Bonchev–Trinajstić information content (AvgIpc) is 3.26. The van der Waals surface area contributed by atoms with E-state index in [2.05, 4.69) is 0 Å². The molecule has 2 fully saturated rings. The first-order valence-corrected chi connectivity index (χ1v) is 7.80.